The van der Waals surface area contributed by atoms with Crippen molar-refractivity contribution >= 4 is 34.7 Å². The molecule has 136 valence electrons. The highest BCUT2D eigenvalue weighted by molar-refractivity contribution is 8.00. The summed E-state index contributed by atoms with van der Waals surface area (Å²) < 4.78 is 15.5. The Morgan fingerprint density at radius 1 is 1.38 bits per heavy atom. The van der Waals surface area contributed by atoms with E-state index in [0.717, 1.165) is 5.82 Å². The van der Waals surface area contributed by atoms with Gasteiger partial charge in [-0.25, -0.2) is 4.39 Å². The van der Waals surface area contributed by atoms with Gasteiger partial charge in [-0.15, -0.1) is 21.5 Å². The SMILES string of the molecule is Cc1ccc(NC(=O)[C@H](C)Sc2nnc(Cc3cccs3)n2C)cc1F. The molecular weight excluding hydrogens is 371 g/mol. The summed E-state index contributed by atoms with van der Waals surface area (Å²) in [6, 6.07) is 8.72. The van der Waals surface area contributed by atoms with E-state index < -0.39 is 5.25 Å². The van der Waals surface area contributed by atoms with Crippen molar-refractivity contribution in [2.45, 2.75) is 30.7 Å². The summed E-state index contributed by atoms with van der Waals surface area (Å²) in [6.07, 6.45) is 0.713. The van der Waals surface area contributed by atoms with Crippen molar-refractivity contribution in [2.75, 3.05) is 5.32 Å². The van der Waals surface area contributed by atoms with Crippen LogP contribution in [0.1, 0.15) is 23.2 Å². The molecule has 0 saturated carbocycles. The Hall–Kier alpha value is -2.19. The highest BCUT2D eigenvalue weighted by Crippen LogP contribution is 2.24. The lowest BCUT2D eigenvalue weighted by Gasteiger charge is -2.12. The number of amides is 1. The first kappa shape index (κ1) is 18.6. The highest BCUT2D eigenvalue weighted by atomic mass is 32.2. The number of thioether (sulfide) groups is 1. The van der Waals surface area contributed by atoms with Gasteiger partial charge in [0.05, 0.1) is 5.25 Å². The molecular formula is C18H19FN4OS2. The van der Waals surface area contributed by atoms with Crippen molar-refractivity contribution < 1.29 is 9.18 Å². The largest absolute Gasteiger partial charge is 0.325 e. The van der Waals surface area contributed by atoms with Crippen LogP contribution < -0.4 is 5.32 Å². The van der Waals surface area contributed by atoms with E-state index in [1.165, 1.54) is 22.7 Å². The van der Waals surface area contributed by atoms with Gasteiger partial charge in [0.25, 0.3) is 0 Å². The van der Waals surface area contributed by atoms with E-state index in [-0.39, 0.29) is 11.7 Å². The minimum Gasteiger partial charge on any atom is -0.325 e. The molecule has 0 saturated heterocycles. The smallest absolute Gasteiger partial charge is 0.237 e. The van der Waals surface area contributed by atoms with E-state index in [1.807, 2.05) is 23.1 Å². The third kappa shape index (κ3) is 4.31. The van der Waals surface area contributed by atoms with Gasteiger partial charge in [-0.3, -0.25) is 4.79 Å². The summed E-state index contributed by atoms with van der Waals surface area (Å²) in [6.45, 7) is 3.47. The number of aromatic nitrogens is 3. The number of nitrogens with one attached hydrogen (secondary N) is 1. The predicted octanol–water partition coefficient (Wildman–Crippen LogP) is 4.03. The Kier molecular flexibility index (Phi) is 5.73. The molecule has 0 spiro atoms. The number of aryl methyl sites for hydroxylation is 1. The lowest BCUT2D eigenvalue weighted by molar-refractivity contribution is -0.115. The molecule has 3 rings (SSSR count). The van der Waals surface area contributed by atoms with Gasteiger partial charge in [-0.2, -0.15) is 0 Å². The summed E-state index contributed by atoms with van der Waals surface area (Å²) in [4.78, 5) is 13.6. The molecule has 0 bridgehead atoms. The second kappa shape index (κ2) is 8.01. The molecule has 1 N–H and O–H groups in total. The zero-order valence-corrected chi connectivity index (χ0v) is 16.3. The molecule has 1 amide bonds. The zero-order chi connectivity index (χ0) is 18.7. The Bertz CT molecular complexity index is 908. The fourth-order valence-corrected chi connectivity index (χ4v) is 3.83. The number of nitrogens with zero attached hydrogens (tertiary/aromatic N) is 3. The highest BCUT2D eigenvalue weighted by Gasteiger charge is 2.19. The topological polar surface area (TPSA) is 59.8 Å². The number of rotatable bonds is 6. The molecule has 0 fully saturated rings. The van der Waals surface area contributed by atoms with Crippen molar-refractivity contribution in [3.05, 3.63) is 57.8 Å². The third-order valence-electron chi connectivity index (χ3n) is 3.93. The number of hydrogen-bond donors (Lipinski definition) is 1. The molecule has 8 heteroatoms. The average molecular weight is 391 g/mol. The molecule has 0 aliphatic rings. The van der Waals surface area contributed by atoms with E-state index in [0.29, 0.717) is 22.8 Å². The van der Waals surface area contributed by atoms with Gasteiger partial charge in [0.2, 0.25) is 5.91 Å². The summed E-state index contributed by atoms with van der Waals surface area (Å²) in [5, 5.41) is 13.5. The lowest BCUT2D eigenvalue weighted by Crippen LogP contribution is -2.23. The third-order valence-corrected chi connectivity index (χ3v) is 5.94. The molecule has 2 aromatic heterocycles. The second-order valence-corrected chi connectivity index (χ2v) is 8.27. The maximum Gasteiger partial charge on any atom is 0.237 e. The van der Waals surface area contributed by atoms with Crippen LogP contribution in [-0.2, 0) is 18.3 Å². The average Bonchev–Trinajstić information content (AvgIpc) is 3.23. The first-order chi connectivity index (χ1) is 12.4. The van der Waals surface area contributed by atoms with Crippen molar-refractivity contribution in [2.24, 2.45) is 7.05 Å². The van der Waals surface area contributed by atoms with Crippen LogP contribution in [0, 0.1) is 12.7 Å². The lowest BCUT2D eigenvalue weighted by atomic mass is 10.2. The summed E-state index contributed by atoms with van der Waals surface area (Å²) in [5.74, 6) is 0.304. The van der Waals surface area contributed by atoms with Crippen molar-refractivity contribution in [1.29, 1.82) is 0 Å². The van der Waals surface area contributed by atoms with E-state index in [9.17, 15) is 9.18 Å². The molecule has 0 aliphatic carbocycles. The van der Waals surface area contributed by atoms with E-state index in [1.54, 1.807) is 37.3 Å². The summed E-state index contributed by atoms with van der Waals surface area (Å²) >= 11 is 3.00. The fraction of sp³-hybridized carbons (Fsp3) is 0.278. The Labute approximate surface area is 159 Å². The molecule has 26 heavy (non-hydrogen) atoms. The van der Waals surface area contributed by atoms with Gasteiger partial charge in [-0.1, -0.05) is 23.9 Å². The van der Waals surface area contributed by atoms with Crippen LogP contribution in [0.5, 0.6) is 0 Å². The number of carbonyl (C=O) groups excluding carboxylic acids is 1. The molecule has 3 aromatic rings. The number of carbonyl (C=O) groups is 1. The minimum atomic E-state index is -0.392. The van der Waals surface area contributed by atoms with Gasteiger partial charge in [0.1, 0.15) is 11.6 Å². The monoisotopic (exact) mass is 390 g/mol. The number of thiophene rings is 1. The van der Waals surface area contributed by atoms with Crippen LogP contribution in [0.3, 0.4) is 0 Å². The van der Waals surface area contributed by atoms with Crippen molar-refractivity contribution in [3.8, 4) is 0 Å². The van der Waals surface area contributed by atoms with Crippen LogP contribution in [-0.4, -0.2) is 25.9 Å². The van der Waals surface area contributed by atoms with Gasteiger partial charge in [0.15, 0.2) is 5.16 Å². The molecule has 5 nitrogen and oxygen atoms in total. The number of benzene rings is 1. The van der Waals surface area contributed by atoms with E-state index in [4.69, 9.17) is 0 Å². The predicted molar refractivity (Wildman–Crippen MR) is 103 cm³/mol. The maximum atomic E-state index is 13.6. The fourth-order valence-electron chi connectivity index (χ4n) is 2.30. The molecule has 1 atom stereocenters. The molecule has 0 radical (unpaired) electrons. The van der Waals surface area contributed by atoms with Gasteiger partial charge >= 0.3 is 0 Å². The van der Waals surface area contributed by atoms with E-state index in [2.05, 4.69) is 21.6 Å². The second-order valence-electron chi connectivity index (χ2n) is 5.93. The van der Waals surface area contributed by atoms with Crippen molar-refractivity contribution in [3.63, 3.8) is 0 Å². The van der Waals surface area contributed by atoms with Gasteiger partial charge in [0, 0.05) is 24.0 Å². The van der Waals surface area contributed by atoms with Crippen LogP contribution in [0.2, 0.25) is 0 Å². The Morgan fingerprint density at radius 2 is 2.19 bits per heavy atom. The molecule has 0 aliphatic heterocycles. The summed E-state index contributed by atoms with van der Waals surface area (Å²) in [7, 11) is 1.89. The number of halogens is 1. The van der Waals surface area contributed by atoms with Crippen LogP contribution in [0.4, 0.5) is 10.1 Å². The van der Waals surface area contributed by atoms with E-state index >= 15 is 0 Å². The number of anilines is 1. The Balaban J connectivity index is 1.63. The standard InChI is InChI=1S/C18H19FN4OS2/c1-11-6-7-13(9-15(11)19)20-17(24)12(2)26-18-22-21-16(23(18)3)10-14-5-4-8-25-14/h4-9,12H,10H2,1-3H3,(H,20,24)/t12-/m0/s1. The maximum absolute atomic E-state index is 13.6. The van der Waals surface area contributed by atoms with Gasteiger partial charge in [-0.05, 0) is 43.0 Å². The first-order valence-corrected chi connectivity index (χ1v) is 9.84. The first-order valence-electron chi connectivity index (χ1n) is 8.08. The number of hydrogen-bond acceptors (Lipinski definition) is 5. The van der Waals surface area contributed by atoms with Gasteiger partial charge < -0.3 is 9.88 Å². The molecule has 2 heterocycles. The summed E-state index contributed by atoms with van der Waals surface area (Å²) in [5.41, 5.74) is 0.990. The molecule has 1 aromatic carbocycles. The van der Waals surface area contributed by atoms with Crippen molar-refractivity contribution in [1.82, 2.24) is 14.8 Å². The molecule has 0 unspecified atom stereocenters. The van der Waals surface area contributed by atoms with Crippen LogP contribution in [0.15, 0.2) is 40.9 Å². The quantitative estimate of drug-likeness (QED) is 0.646. The Morgan fingerprint density at radius 3 is 2.88 bits per heavy atom. The zero-order valence-electron chi connectivity index (χ0n) is 14.7. The minimum absolute atomic E-state index is 0.207. The van der Waals surface area contributed by atoms with Crippen LogP contribution >= 0.6 is 23.1 Å². The van der Waals surface area contributed by atoms with Crippen LogP contribution in [0.25, 0.3) is 0 Å². The normalized spacial score (nSPS) is 12.2.